The first-order valence-corrected chi connectivity index (χ1v) is 9.17. The fourth-order valence-electron chi connectivity index (χ4n) is 2.85. The van der Waals surface area contributed by atoms with Gasteiger partial charge in [0.1, 0.15) is 0 Å². The van der Waals surface area contributed by atoms with Crippen LogP contribution >= 0.6 is 11.8 Å². The van der Waals surface area contributed by atoms with Gasteiger partial charge in [0.2, 0.25) is 5.91 Å². The van der Waals surface area contributed by atoms with Crippen LogP contribution in [0, 0.1) is 17.0 Å². The lowest BCUT2D eigenvalue weighted by molar-refractivity contribution is -0.384. The predicted molar refractivity (Wildman–Crippen MR) is 95.0 cm³/mol. The topological polar surface area (TPSA) is 72.2 Å². The van der Waals surface area contributed by atoms with E-state index in [1.165, 1.54) is 44.2 Å². The van der Waals surface area contributed by atoms with E-state index in [0.717, 1.165) is 12.0 Å². The largest absolute Gasteiger partial charge is 0.325 e. The van der Waals surface area contributed by atoms with Gasteiger partial charge in [0.05, 0.1) is 15.9 Å². The minimum Gasteiger partial charge on any atom is -0.325 e. The maximum absolute atomic E-state index is 12.5. The molecule has 0 aromatic heterocycles. The van der Waals surface area contributed by atoms with Crippen molar-refractivity contribution in [3.8, 4) is 0 Å². The number of benzene rings is 1. The smallest absolute Gasteiger partial charge is 0.271 e. The maximum Gasteiger partial charge on any atom is 0.271 e. The Morgan fingerprint density at radius 3 is 2.70 bits per heavy atom. The zero-order chi connectivity index (χ0) is 16.8. The number of amides is 1. The molecule has 0 saturated heterocycles. The highest BCUT2D eigenvalue weighted by molar-refractivity contribution is 8.01. The molecule has 6 heteroatoms. The van der Waals surface area contributed by atoms with E-state index >= 15 is 0 Å². The van der Waals surface area contributed by atoms with Crippen LogP contribution < -0.4 is 5.32 Å². The molecule has 0 heterocycles. The molecule has 1 aromatic rings. The molecular formula is C17H24N2O3S. The van der Waals surface area contributed by atoms with E-state index in [-0.39, 0.29) is 16.8 Å². The Kier molecular flexibility index (Phi) is 6.45. The van der Waals surface area contributed by atoms with E-state index in [2.05, 4.69) is 5.32 Å². The second-order valence-corrected chi connectivity index (χ2v) is 7.55. The number of non-ortho nitro benzene ring substituents is 1. The molecule has 0 spiro atoms. The number of thioether (sulfide) groups is 1. The van der Waals surface area contributed by atoms with Crippen molar-refractivity contribution in [3.05, 3.63) is 33.9 Å². The average Bonchev–Trinajstić information content (AvgIpc) is 2.55. The number of carbonyl (C=O) groups is 1. The normalized spacial score (nSPS) is 16.8. The monoisotopic (exact) mass is 336 g/mol. The molecule has 23 heavy (non-hydrogen) atoms. The highest BCUT2D eigenvalue weighted by Crippen LogP contribution is 2.33. The maximum atomic E-state index is 12.5. The fourth-order valence-corrected chi connectivity index (χ4v) is 4.29. The zero-order valence-corrected chi connectivity index (χ0v) is 14.5. The molecule has 1 aliphatic carbocycles. The number of anilines is 1. The molecule has 1 fully saturated rings. The van der Waals surface area contributed by atoms with E-state index in [9.17, 15) is 14.9 Å². The Balaban J connectivity index is 2.03. The summed E-state index contributed by atoms with van der Waals surface area (Å²) >= 11 is 1.76. The third-order valence-corrected chi connectivity index (χ3v) is 5.99. The van der Waals surface area contributed by atoms with Crippen LogP contribution in [0.5, 0.6) is 0 Å². The second kappa shape index (κ2) is 8.34. The van der Waals surface area contributed by atoms with E-state index in [1.54, 1.807) is 17.8 Å². The zero-order valence-electron chi connectivity index (χ0n) is 13.7. The molecule has 1 unspecified atom stereocenters. The van der Waals surface area contributed by atoms with Crippen molar-refractivity contribution in [1.82, 2.24) is 0 Å². The van der Waals surface area contributed by atoms with Crippen molar-refractivity contribution in [3.63, 3.8) is 0 Å². The Morgan fingerprint density at radius 1 is 1.39 bits per heavy atom. The summed E-state index contributed by atoms with van der Waals surface area (Å²) in [6, 6.07) is 4.56. The Bertz CT molecular complexity index is 571. The molecule has 126 valence electrons. The number of nitrogens with zero attached hydrogens (tertiary/aromatic N) is 1. The summed E-state index contributed by atoms with van der Waals surface area (Å²) in [5.74, 6) is -0.0494. The highest BCUT2D eigenvalue weighted by Gasteiger charge is 2.24. The van der Waals surface area contributed by atoms with Crippen molar-refractivity contribution in [2.24, 2.45) is 0 Å². The summed E-state index contributed by atoms with van der Waals surface area (Å²) in [6.07, 6.45) is 6.93. The number of aryl methyl sites for hydroxylation is 1. The second-order valence-electron chi connectivity index (χ2n) is 6.04. The van der Waals surface area contributed by atoms with Crippen LogP contribution in [0.3, 0.4) is 0 Å². The molecule has 5 nitrogen and oxygen atoms in total. The van der Waals surface area contributed by atoms with Crippen molar-refractivity contribution in [2.45, 2.75) is 62.9 Å². The standard InChI is InChI=1S/C17H24N2O3S/c1-3-16(23-14-7-5-4-6-8-14)17(20)18-15-11-13(19(21)22)10-9-12(15)2/h9-11,14,16H,3-8H2,1-2H3,(H,18,20). The predicted octanol–water partition coefficient (Wildman–Crippen LogP) is 4.69. The van der Waals surface area contributed by atoms with E-state index in [4.69, 9.17) is 0 Å². The van der Waals surface area contributed by atoms with Gasteiger partial charge in [0.15, 0.2) is 0 Å². The molecule has 1 saturated carbocycles. The summed E-state index contributed by atoms with van der Waals surface area (Å²) in [4.78, 5) is 23.0. The quantitative estimate of drug-likeness (QED) is 0.604. The lowest BCUT2D eigenvalue weighted by Gasteiger charge is -2.25. The minimum atomic E-state index is -0.441. The molecule has 1 N–H and O–H groups in total. The molecule has 1 aliphatic rings. The van der Waals surface area contributed by atoms with E-state index in [1.807, 2.05) is 13.8 Å². The van der Waals surface area contributed by atoms with Crippen molar-refractivity contribution >= 4 is 29.0 Å². The molecule has 1 amide bonds. The average molecular weight is 336 g/mol. The Labute approximate surface area is 141 Å². The number of hydrogen-bond acceptors (Lipinski definition) is 4. The van der Waals surface area contributed by atoms with Crippen LogP contribution in [-0.4, -0.2) is 21.3 Å². The first-order valence-electron chi connectivity index (χ1n) is 8.22. The minimum absolute atomic E-state index is 0.00104. The molecule has 0 aliphatic heterocycles. The van der Waals surface area contributed by atoms with Gasteiger partial charge in [-0.05, 0) is 31.7 Å². The van der Waals surface area contributed by atoms with Gasteiger partial charge in [0.25, 0.3) is 5.69 Å². The van der Waals surface area contributed by atoms with Crippen LogP contribution in [0.25, 0.3) is 0 Å². The van der Waals surface area contributed by atoms with E-state index < -0.39 is 4.92 Å². The highest BCUT2D eigenvalue weighted by atomic mass is 32.2. The van der Waals surface area contributed by atoms with E-state index in [0.29, 0.717) is 10.9 Å². The number of nitro groups is 1. The van der Waals surface area contributed by atoms with Crippen LogP contribution in [0.4, 0.5) is 11.4 Å². The first-order chi connectivity index (χ1) is 11.0. The number of rotatable bonds is 6. The van der Waals surface area contributed by atoms with Gasteiger partial charge in [0, 0.05) is 17.4 Å². The third kappa shape index (κ3) is 4.96. The molecule has 1 atom stereocenters. The molecule has 2 rings (SSSR count). The van der Waals surface area contributed by atoms with Crippen LogP contribution in [0.15, 0.2) is 18.2 Å². The first kappa shape index (κ1) is 17.8. The fraction of sp³-hybridized carbons (Fsp3) is 0.588. The molecule has 0 bridgehead atoms. The number of hydrogen-bond donors (Lipinski definition) is 1. The van der Waals surface area contributed by atoms with Gasteiger partial charge in [-0.3, -0.25) is 14.9 Å². The molecule has 1 aromatic carbocycles. The summed E-state index contributed by atoms with van der Waals surface area (Å²) in [7, 11) is 0. The Hall–Kier alpha value is -1.56. The number of carbonyl (C=O) groups excluding carboxylic acids is 1. The van der Waals surface area contributed by atoms with Gasteiger partial charge in [-0.15, -0.1) is 11.8 Å². The van der Waals surface area contributed by atoms with Crippen LogP contribution in [0.2, 0.25) is 0 Å². The SMILES string of the molecule is CCC(SC1CCCCC1)C(=O)Nc1cc([N+](=O)[O-])ccc1C. The summed E-state index contributed by atoms with van der Waals surface area (Å²) in [6.45, 7) is 3.86. The van der Waals surface area contributed by atoms with Gasteiger partial charge < -0.3 is 5.32 Å². The van der Waals surface area contributed by atoms with Crippen molar-refractivity contribution in [2.75, 3.05) is 5.32 Å². The van der Waals surface area contributed by atoms with Gasteiger partial charge in [-0.2, -0.15) is 0 Å². The third-order valence-electron chi connectivity index (χ3n) is 4.26. The lowest BCUT2D eigenvalue weighted by Crippen LogP contribution is -2.27. The van der Waals surface area contributed by atoms with Gasteiger partial charge in [-0.25, -0.2) is 0 Å². The molecule has 0 radical (unpaired) electrons. The summed E-state index contributed by atoms with van der Waals surface area (Å²) < 4.78 is 0. The van der Waals surface area contributed by atoms with Crippen LogP contribution in [-0.2, 0) is 4.79 Å². The van der Waals surface area contributed by atoms with Gasteiger partial charge >= 0.3 is 0 Å². The Morgan fingerprint density at radius 2 is 2.09 bits per heavy atom. The summed E-state index contributed by atoms with van der Waals surface area (Å²) in [5, 5.41) is 14.2. The lowest BCUT2D eigenvalue weighted by atomic mass is 10.0. The summed E-state index contributed by atoms with van der Waals surface area (Å²) in [5.41, 5.74) is 1.37. The van der Waals surface area contributed by atoms with Crippen molar-refractivity contribution in [1.29, 1.82) is 0 Å². The molecular weight excluding hydrogens is 312 g/mol. The van der Waals surface area contributed by atoms with Crippen molar-refractivity contribution < 1.29 is 9.72 Å². The number of nitrogens with one attached hydrogen (secondary N) is 1. The number of nitro benzene ring substituents is 1. The van der Waals surface area contributed by atoms with Crippen LogP contribution in [0.1, 0.15) is 51.0 Å². The van der Waals surface area contributed by atoms with Gasteiger partial charge in [-0.1, -0.05) is 32.3 Å².